The summed E-state index contributed by atoms with van der Waals surface area (Å²) >= 11 is 0. The number of aliphatic carboxylic acids is 1. The molecule has 130 valence electrons. The van der Waals surface area contributed by atoms with Crippen LogP contribution in [0.4, 0.5) is 0 Å². The van der Waals surface area contributed by atoms with Gasteiger partial charge in [-0.1, -0.05) is 60.4 Å². The van der Waals surface area contributed by atoms with Gasteiger partial charge < -0.3 is 5.11 Å². The zero-order chi connectivity index (χ0) is 18.3. The van der Waals surface area contributed by atoms with Crippen LogP contribution in [0, 0.1) is 17.3 Å². The highest BCUT2D eigenvalue weighted by molar-refractivity contribution is 5.85. The fourth-order valence-corrected chi connectivity index (χ4v) is 2.57. The Kier molecular flexibility index (Phi) is 6.38. The largest absolute Gasteiger partial charge is 0.480 e. The third-order valence-electron chi connectivity index (χ3n) is 3.64. The quantitative estimate of drug-likeness (QED) is 0.799. The van der Waals surface area contributed by atoms with Crippen molar-refractivity contribution in [3.8, 4) is 11.8 Å². The third kappa shape index (κ3) is 6.45. The molecule has 0 aliphatic rings. The van der Waals surface area contributed by atoms with Gasteiger partial charge >= 0.3 is 5.97 Å². The zero-order valence-electron chi connectivity index (χ0n) is 15.1. The summed E-state index contributed by atoms with van der Waals surface area (Å²) in [5, 5.41) is 11.5. The number of fused-ring (bicyclic) bond motifs is 1. The van der Waals surface area contributed by atoms with Gasteiger partial charge in [-0.3, -0.25) is 9.69 Å². The molecule has 0 atom stereocenters. The van der Waals surface area contributed by atoms with E-state index in [1.165, 1.54) is 5.39 Å². The Morgan fingerprint density at radius 3 is 2.60 bits per heavy atom. The highest BCUT2D eigenvalue weighted by atomic mass is 16.4. The summed E-state index contributed by atoms with van der Waals surface area (Å²) in [6, 6.07) is 14.3. The Hall–Kier alpha value is -2.57. The van der Waals surface area contributed by atoms with Crippen LogP contribution in [0.2, 0.25) is 0 Å². The van der Waals surface area contributed by atoms with Crippen LogP contribution in [0.3, 0.4) is 0 Å². The molecule has 1 N–H and O–H groups in total. The Labute approximate surface area is 150 Å². The number of rotatable bonds is 6. The van der Waals surface area contributed by atoms with Crippen LogP contribution in [-0.2, 0) is 11.3 Å². The first-order chi connectivity index (χ1) is 11.8. The second-order valence-corrected chi connectivity index (χ2v) is 7.12. The lowest BCUT2D eigenvalue weighted by molar-refractivity contribution is -0.138. The Balaban J connectivity index is 2.13. The highest BCUT2D eigenvalue weighted by Crippen LogP contribution is 2.20. The van der Waals surface area contributed by atoms with E-state index in [0.29, 0.717) is 13.1 Å². The lowest BCUT2D eigenvalue weighted by Crippen LogP contribution is -2.29. The van der Waals surface area contributed by atoms with Crippen molar-refractivity contribution in [3.05, 3.63) is 60.2 Å². The molecular weight excluding hydrogens is 310 g/mol. The van der Waals surface area contributed by atoms with E-state index in [2.05, 4.69) is 56.9 Å². The first-order valence-corrected chi connectivity index (χ1v) is 8.44. The number of benzene rings is 2. The number of nitrogens with zero attached hydrogens (tertiary/aromatic N) is 1. The molecule has 0 saturated carbocycles. The standard InChI is InChI=1S/C22H25NO2/c1-22(2,3)14-7-4-8-15-23(17-21(24)25)16-19-12-9-11-18-10-5-6-13-20(18)19/h4-6,8-13H,15-17H2,1-3H3,(H,24,25). The van der Waals surface area contributed by atoms with E-state index in [1.54, 1.807) is 0 Å². The van der Waals surface area contributed by atoms with Gasteiger partial charge in [0.15, 0.2) is 0 Å². The maximum absolute atomic E-state index is 11.2. The molecule has 0 fully saturated rings. The molecule has 0 saturated heterocycles. The van der Waals surface area contributed by atoms with Crippen LogP contribution in [-0.4, -0.2) is 29.1 Å². The maximum Gasteiger partial charge on any atom is 0.317 e. The van der Waals surface area contributed by atoms with E-state index in [0.717, 1.165) is 10.9 Å². The van der Waals surface area contributed by atoms with Gasteiger partial charge in [0.1, 0.15) is 0 Å². The second kappa shape index (κ2) is 8.50. The highest BCUT2D eigenvalue weighted by Gasteiger charge is 2.10. The number of hydrogen-bond donors (Lipinski definition) is 1. The second-order valence-electron chi connectivity index (χ2n) is 7.12. The lowest BCUT2D eigenvalue weighted by Gasteiger charge is -2.19. The normalized spacial score (nSPS) is 11.7. The molecule has 2 aromatic rings. The average molecular weight is 335 g/mol. The fourth-order valence-electron chi connectivity index (χ4n) is 2.57. The van der Waals surface area contributed by atoms with Crippen LogP contribution in [0.25, 0.3) is 10.8 Å². The van der Waals surface area contributed by atoms with Gasteiger partial charge in [0.05, 0.1) is 6.54 Å². The van der Waals surface area contributed by atoms with E-state index < -0.39 is 5.97 Å². The molecule has 0 amide bonds. The number of carbonyl (C=O) groups is 1. The van der Waals surface area contributed by atoms with Gasteiger partial charge in [-0.15, -0.1) is 0 Å². The summed E-state index contributed by atoms with van der Waals surface area (Å²) in [4.78, 5) is 13.1. The van der Waals surface area contributed by atoms with Gasteiger partial charge in [-0.2, -0.15) is 0 Å². The van der Waals surface area contributed by atoms with E-state index in [4.69, 9.17) is 0 Å². The number of carboxylic acid groups (broad SMARTS) is 1. The summed E-state index contributed by atoms with van der Waals surface area (Å²) < 4.78 is 0. The van der Waals surface area contributed by atoms with Crippen molar-refractivity contribution in [3.63, 3.8) is 0 Å². The van der Waals surface area contributed by atoms with Crippen LogP contribution < -0.4 is 0 Å². The Morgan fingerprint density at radius 1 is 1.16 bits per heavy atom. The molecular formula is C22H25NO2. The topological polar surface area (TPSA) is 40.5 Å². The van der Waals surface area contributed by atoms with Crippen LogP contribution in [0.1, 0.15) is 26.3 Å². The van der Waals surface area contributed by atoms with Gasteiger partial charge in [-0.05, 0) is 43.2 Å². The predicted octanol–water partition coefficient (Wildman–Crippen LogP) is 4.33. The van der Waals surface area contributed by atoms with E-state index in [1.807, 2.05) is 35.3 Å². The minimum Gasteiger partial charge on any atom is -0.480 e. The van der Waals surface area contributed by atoms with Crippen LogP contribution in [0.5, 0.6) is 0 Å². The molecule has 0 radical (unpaired) electrons. The zero-order valence-corrected chi connectivity index (χ0v) is 15.1. The smallest absolute Gasteiger partial charge is 0.317 e. The van der Waals surface area contributed by atoms with Crippen molar-refractivity contribution in [2.45, 2.75) is 27.3 Å². The van der Waals surface area contributed by atoms with Crippen molar-refractivity contribution >= 4 is 16.7 Å². The van der Waals surface area contributed by atoms with Crippen molar-refractivity contribution in [1.29, 1.82) is 0 Å². The number of allylic oxidation sites excluding steroid dienone is 1. The van der Waals surface area contributed by atoms with Crippen molar-refractivity contribution < 1.29 is 9.90 Å². The molecule has 0 aliphatic heterocycles. The average Bonchev–Trinajstić information content (AvgIpc) is 2.53. The van der Waals surface area contributed by atoms with E-state index >= 15 is 0 Å². The maximum atomic E-state index is 11.2. The number of hydrogen-bond acceptors (Lipinski definition) is 2. The molecule has 0 heterocycles. The monoisotopic (exact) mass is 335 g/mol. The first-order valence-electron chi connectivity index (χ1n) is 8.44. The van der Waals surface area contributed by atoms with Gasteiger partial charge in [-0.25, -0.2) is 0 Å². The van der Waals surface area contributed by atoms with Crippen molar-refractivity contribution in [1.82, 2.24) is 4.90 Å². The summed E-state index contributed by atoms with van der Waals surface area (Å²) in [6.45, 7) is 7.32. The first kappa shape index (κ1) is 18.8. The van der Waals surface area contributed by atoms with Gasteiger partial charge in [0, 0.05) is 18.5 Å². The third-order valence-corrected chi connectivity index (χ3v) is 3.64. The molecule has 25 heavy (non-hydrogen) atoms. The summed E-state index contributed by atoms with van der Waals surface area (Å²) in [7, 11) is 0. The van der Waals surface area contributed by atoms with E-state index in [9.17, 15) is 9.90 Å². The summed E-state index contributed by atoms with van der Waals surface area (Å²) in [5.74, 6) is 5.34. The van der Waals surface area contributed by atoms with Crippen molar-refractivity contribution in [2.75, 3.05) is 13.1 Å². The molecule has 3 heteroatoms. The van der Waals surface area contributed by atoms with Crippen molar-refractivity contribution in [2.24, 2.45) is 5.41 Å². The molecule has 2 rings (SSSR count). The Bertz CT molecular complexity index is 814. The van der Waals surface area contributed by atoms with Crippen LogP contribution in [0.15, 0.2) is 54.6 Å². The minimum atomic E-state index is -0.825. The molecule has 2 aromatic carbocycles. The number of carboxylic acids is 1. The summed E-state index contributed by atoms with van der Waals surface area (Å²) in [6.07, 6.45) is 3.73. The van der Waals surface area contributed by atoms with Gasteiger partial charge in [0.2, 0.25) is 0 Å². The molecule has 3 nitrogen and oxygen atoms in total. The molecule has 0 unspecified atom stereocenters. The van der Waals surface area contributed by atoms with Crippen LogP contribution >= 0.6 is 0 Å². The molecule has 0 aromatic heterocycles. The molecule has 0 spiro atoms. The SMILES string of the molecule is CC(C)(C)C#CC=CCN(CC(=O)O)Cc1cccc2ccccc12. The molecule has 0 bridgehead atoms. The lowest BCUT2D eigenvalue weighted by atomic mass is 9.98. The fraction of sp³-hybridized carbons (Fsp3) is 0.318. The van der Waals surface area contributed by atoms with E-state index in [-0.39, 0.29) is 12.0 Å². The van der Waals surface area contributed by atoms with Gasteiger partial charge in [0.25, 0.3) is 0 Å². The summed E-state index contributed by atoms with van der Waals surface area (Å²) in [5.41, 5.74) is 1.10. The predicted molar refractivity (Wildman–Crippen MR) is 103 cm³/mol. The Morgan fingerprint density at radius 2 is 1.88 bits per heavy atom. The minimum absolute atomic E-state index is 0.000259. The molecule has 0 aliphatic carbocycles.